The first-order valence-electron chi connectivity index (χ1n) is 5.56. The summed E-state index contributed by atoms with van der Waals surface area (Å²) in [5, 5.41) is 6.61. The number of nitrogens with zero attached hydrogens (tertiary/aromatic N) is 2. The number of guanidine groups is 1. The minimum absolute atomic E-state index is 0. The monoisotopic (exact) mass is 342 g/mol. The number of halogens is 1. The maximum absolute atomic E-state index is 4.17. The number of aliphatic imine (C=N–C) groups is 1. The van der Waals surface area contributed by atoms with Gasteiger partial charge in [0.25, 0.3) is 0 Å². The van der Waals surface area contributed by atoms with Crippen LogP contribution in [0.1, 0.15) is 27.7 Å². The van der Waals surface area contributed by atoms with Crippen molar-refractivity contribution < 1.29 is 0 Å². The zero-order valence-electron chi connectivity index (χ0n) is 11.4. The minimum Gasteiger partial charge on any atom is -0.355 e. The Bertz CT molecular complexity index is 199. The van der Waals surface area contributed by atoms with E-state index in [9.17, 15) is 0 Å². The highest BCUT2D eigenvalue weighted by Crippen LogP contribution is 1.97. The summed E-state index contributed by atoms with van der Waals surface area (Å²) < 4.78 is 0. The molecule has 5 heteroatoms. The van der Waals surface area contributed by atoms with Crippen LogP contribution in [0.4, 0.5) is 0 Å². The Morgan fingerprint density at radius 2 is 1.88 bits per heavy atom. The Morgan fingerprint density at radius 3 is 2.25 bits per heavy atom. The summed E-state index contributed by atoms with van der Waals surface area (Å²) >= 11 is 0. The minimum atomic E-state index is 0. The number of hydrogen-bond donors (Lipinski definition) is 2. The topological polar surface area (TPSA) is 39.7 Å². The van der Waals surface area contributed by atoms with E-state index in [0.29, 0.717) is 0 Å². The lowest BCUT2D eigenvalue weighted by atomic mass is 10.1. The molecule has 0 saturated carbocycles. The Hall–Kier alpha value is -0.0400. The smallest absolute Gasteiger partial charge is 0.191 e. The predicted octanol–water partition coefficient (Wildman–Crippen LogP) is 1.52. The lowest BCUT2D eigenvalue weighted by molar-refractivity contribution is 0.356. The molecule has 0 radical (unpaired) electrons. The van der Waals surface area contributed by atoms with Gasteiger partial charge in [-0.3, -0.25) is 4.99 Å². The van der Waals surface area contributed by atoms with Crippen molar-refractivity contribution >= 4 is 29.9 Å². The van der Waals surface area contributed by atoms with Crippen LogP contribution >= 0.6 is 24.0 Å². The van der Waals surface area contributed by atoms with Crippen molar-refractivity contribution in [1.29, 1.82) is 0 Å². The van der Waals surface area contributed by atoms with Gasteiger partial charge in [0.15, 0.2) is 5.96 Å². The quantitative estimate of drug-likeness (QED) is 0.462. The average molecular weight is 342 g/mol. The predicted molar refractivity (Wildman–Crippen MR) is 82.8 cm³/mol. The standard InChI is InChI=1S/C11H26N4.HI/c1-7-15(6)9-8-13-10(12-5)14-11(2,3)4;/h7-9H2,1-6H3,(H2,12,13,14);1H. The second kappa shape index (κ2) is 9.04. The van der Waals surface area contributed by atoms with E-state index in [2.05, 4.69) is 55.3 Å². The van der Waals surface area contributed by atoms with Crippen LogP contribution in [0.3, 0.4) is 0 Å². The SMILES string of the molecule is CCN(C)CCNC(=NC)NC(C)(C)C.I. The molecule has 0 aliphatic carbocycles. The summed E-state index contributed by atoms with van der Waals surface area (Å²) in [6.07, 6.45) is 0. The Morgan fingerprint density at radius 1 is 1.31 bits per heavy atom. The highest BCUT2D eigenvalue weighted by Gasteiger charge is 2.11. The van der Waals surface area contributed by atoms with Gasteiger partial charge in [0.1, 0.15) is 0 Å². The molecule has 0 spiro atoms. The van der Waals surface area contributed by atoms with Crippen molar-refractivity contribution in [3.05, 3.63) is 0 Å². The summed E-state index contributed by atoms with van der Waals surface area (Å²) in [6.45, 7) is 11.5. The van der Waals surface area contributed by atoms with E-state index in [4.69, 9.17) is 0 Å². The van der Waals surface area contributed by atoms with Crippen molar-refractivity contribution in [3.8, 4) is 0 Å². The van der Waals surface area contributed by atoms with Crippen molar-refractivity contribution in [1.82, 2.24) is 15.5 Å². The molecule has 0 amide bonds. The molecule has 0 atom stereocenters. The van der Waals surface area contributed by atoms with E-state index >= 15 is 0 Å². The summed E-state index contributed by atoms with van der Waals surface area (Å²) in [5.74, 6) is 0.868. The van der Waals surface area contributed by atoms with Crippen LogP contribution in [-0.2, 0) is 0 Å². The first-order chi connectivity index (χ1) is 6.89. The van der Waals surface area contributed by atoms with E-state index in [-0.39, 0.29) is 29.5 Å². The molecule has 0 unspecified atom stereocenters. The van der Waals surface area contributed by atoms with E-state index in [1.165, 1.54) is 0 Å². The molecule has 0 bridgehead atoms. The van der Waals surface area contributed by atoms with Crippen LogP contribution in [0.15, 0.2) is 4.99 Å². The van der Waals surface area contributed by atoms with Gasteiger partial charge in [-0.2, -0.15) is 0 Å². The third-order valence-electron chi connectivity index (χ3n) is 2.04. The third kappa shape index (κ3) is 10.5. The lowest BCUT2D eigenvalue weighted by Crippen LogP contribution is -2.48. The summed E-state index contributed by atoms with van der Waals surface area (Å²) in [6, 6.07) is 0. The van der Waals surface area contributed by atoms with Gasteiger partial charge in [0, 0.05) is 25.7 Å². The Labute approximate surface area is 117 Å². The fourth-order valence-corrected chi connectivity index (χ4v) is 1.06. The van der Waals surface area contributed by atoms with Crippen molar-refractivity contribution in [2.45, 2.75) is 33.2 Å². The second-order valence-electron chi connectivity index (χ2n) is 4.77. The first kappa shape index (κ1) is 18.3. The molecular formula is C11H27IN4. The maximum atomic E-state index is 4.17. The maximum Gasteiger partial charge on any atom is 0.191 e. The molecule has 0 rings (SSSR count). The van der Waals surface area contributed by atoms with Crippen LogP contribution in [0.25, 0.3) is 0 Å². The summed E-state index contributed by atoms with van der Waals surface area (Å²) in [7, 11) is 3.91. The van der Waals surface area contributed by atoms with Crippen LogP contribution in [0.5, 0.6) is 0 Å². The molecule has 0 aliphatic rings. The third-order valence-corrected chi connectivity index (χ3v) is 2.04. The van der Waals surface area contributed by atoms with Crippen molar-refractivity contribution in [2.75, 3.05) is 33.7 Å². The van der Waals surface area contributed by atoms with Crippen molar-refractivity contribution in [3.63, 3.8) is 0 Å². The summed E-state index contributed by atoms with van der Waals surface area (Å²) in [4.78, 5) is 6.43. The molecule has 0 heterocycles. The van der Waals surface area contributed by atoms with E-state index in [1.807, 2.05) is 0 Å². The molecule has 0 aromatic heterocycles. The van der Waals surface area contributed by atoms with E-state index < -0.39 is 0 Å². The van der Waals surface area contributed by atoms with Crippen LogP contribution in [0, 0.1) is 0 Å². The Balaban J connectivity index is 0. The lowest BCUT2D eigenvalue weighted by Gasteiger charge is -2.24. The number of nitrogens with one attached hydrogen (secondary N) is 2. The van der Waals surface area contributed by atoms with Crippen molar-refractivity contribution in [2.24, 2.45) is 4.99 Å². The highest BCUT2D eigenvalue weighted by atomic mass is 127. The molecule has 16 heavy (non-hydrogen) atoms. The molecule has 0 aromatic carbocycles. The highest BCUT2D eigenvalue weighted by molar-refractivity contribution is 14.0. The largest absolute Gasteiger partial charge is 0.355 e. The molecule has 0 aromatic rings. The molecule has 0 aliphatic heterocycles. The fraction of sp³-hybridized carbons (Fsp3) is 0.909. The Kier molecular flexibility index (Phi) is 10.4. The summed E-state index contributed by atoms with van der Waals surface area (Å²) in [5.41, 5.74) is 0.0541. The van der Waals surface area contributed by atoms with Gasteiger partial charge in [-0.05, 0) is 34.4 Å². The van der Waals surface area contributed by atoms with Gasteiger partial charge in [-0.15, -0.1) is 24.0 Å². The van der Waals surface area contributed by atoms with E-state index in [0.717, 1.165) is 25.6 Å². The molecule has 2 N–H and O–H groups in total. The van der Waals surface area contributed by atoms with Gasteiger partial charge in [0.2, 0.25) is 0 Å². The first-order valence-corrected chi connectivity index (χ1v) is 5.56. The number of hydrogen-bond acceptors (Lipinski definition) is 2. The molecule has 98 valence electrons. The van der Waals surface area contributed by atoms with Gasteiger partial charge in [-0.25, -0.2) is 0 Å². The molecule has 0 saturated heterocycles. The van der Waals surface area contributed by atoms with Gasteiger partial charge < -0.3 is 15.5 Å². The van der Waals surface area contributed by atoms with Crippen LogP contribution in [0.2, 0.25) is 0 Å². The zero-order chi connectivity index (χ0) is 11.9. The molecule has 4 nitrogen and oxygen atoms in total. The molecule has 0 fully saturated rings. The zero-order valence-corrected chi connectivity index (χ0v) is 13.8. The fourth-order valence-electron chi connectivity index (χ4n) is 1.06. The second-order valence-corrected chi connectivity index (χ2v) is 4.77. The number of rotatable bonds is 4. The number of likely N-dealkylation sites (N-methyl/N-ethyl adjacent to an activating group) is 1. The van der Waals surface area contributed by atoms with Gasteiger partial charge in [-0.1, -0.05) is 6.92 Å². The normalized spacial score (nSPS) is 12.3. The van der Waals surface area contributed by atoms with Gasteiger partial charge >= 0.3 is 0 Å². The van der Waals surface area contributed by atoms with Crippen LogP contribution < -0.4 is 10.6 Å². The van der Waals surface area contributed by atoms with Gasteiger partial charge in [0.05, 0.1) is 0 Å². The van der Waals surface area contributed by atoms with E-state index in [1.54, 1.807) is 7.05 Å². The van der Waals surface area contributed by atoms with Crippen LogP contribution in [-0.4, -0.2) is 50.1 Å². The molecular weight excluding hydrogens is 315 g/mol. The average Bonchev–Trinajstić information content (AvgIpc) is 2.14.